The van der Waals surface area contributed by atoms with Gasteiger partial charge in [0.15, 0.2) is 5.96 Å². The van der Waals surface area contributed by atoms with Crippen molar-refractivity contribution in [3.63, 3.8) is 0 Å². The van der Waals surface area contributed by atoms with Crippen molar-refractivity contribution in [2.24, 2.45) is 10.9 Å². The molecular formula is C22H34IN5O. The number of likely N-dealkylation sites (tertiary alicyclic amines) is 1. The van der Waals surface area contributed by atoms with E-state index in [1.807, 2.05) is 7.05 Å². The Bertz CT molecular complexity index is 815. The Labute approximate surface area is 191 Å². The lowest BCUT2D eigenvalue weighted by Crippen LogP contribution is -2.42. The van der Waals surface area contributed by atoms with Crippen molar-refractivity contribution >= 4 is 40.8 Å². The monoisotopic (exact) mass is 511 g/mol. The summed E-state index contributed by atoms with van der Waals surface area (Å²) in [7, 11) is 1.90. The maximum Gasteiger partial charge on any atom is 0.193 e. The fourth-order valence-electron chi connectivity index (χ4n) is 4.54. The third-order valence-electron chi connectivity index (χ3n) is 6.10. The van der Waals surface area contributed by atoms with Crippen molar-refractivity contribution in [2.75, 3.05) is 59.5 Å². The number of aromatic nitrogens is 1. The van der Waals surface area contributed by atoms with Crippen LogP contribution in [0.5, 0.6) is 0 Å². The van der Waals surface area contributed by atoms with Crippen LogP contribution in [0.3, 0.4) is 0 Å². The molecule has 1 aromatic carbocycles. The molecule has 2 aromatic rings. The van der Waals surface area contributed by atoms with Crippen LogP contribution < -0.4 is 5.32 Å². The van der Waals surface area contributed by atoms with Gasteiger partial charge in [0.05, 0.1) is 13.2 Å². The maximum absolute atomic E-state index is 5.47. The van der Waals surface area contributed by atoms with Crippen LogP contribution in [0.25, 0.3) is 10.9 Å². The summed E-state index contributed by atoms with van der Waals surface area (Å²) in [5.74, 6) is 1.77. The number of para-hydroxylation sites is 1. The van der Waals surface area contributed by atoms with Crippen molar-refractivity contribution in [3.05, 3.63) is 35.5 Å². The summed E-state index contributed by atoms with van der Waals surface area (Å²) in [5, 5.41) is 4.92. The standard InChI is InChI=1S/C22H33N5O.HI/c1-17-4-3-5-20-19(14-25-21(17)20)6-8-24-22(23-2)27-9-7-18(16-27)15-26-10-12-28-13-11-26;/h3-5,14,18,25H,6-13,15-16H2,1-2H3,(H,23,24);1H. The molecule has 7 heteroatoms. The Hall–Kier alpha value is -1.32. The molecule has 1 unspecified atom stereocenters. The highest BCUT2D eigenvalue weighted by Crippen LogP contribution is 2.22. The number of halogens is 1. The van der Waals surface area contributed by atoms with Crippen LogP contribution in [0.2, 0.25) is 0 Å². The number of benzene rings is 1. The van der Waals surface area contributed by atoms with Gasteiger partial charge in [-0.15, -0.1) is 24.0 Å². The zero-order valence-electron chi connectivity index (χ0n) is 17.6. The second kappa shape index (κ2) is 10.6. The first kappa shape index (κ1) is 22.4. The minimum Gasteiger partial charge on any atom is -0.379 e. The number of aliphatic imine (C=N–C) groups is 1. The van der Waals surface area contributed by atoms with Gasteiger partial charge in [0, 0.05) is 63.4 Å². The molecule has 0 bridgehead atoms. The molecule has 0 radical (unpaired) electrons. The lowest BCUT2D eigenvalue weighted by Gasteiger charge is -2.29. The van der Waals surface area contributed by atoms with Gasteiger partial charge in [-0.3, -0.25) is 9.89 Å². The van der Waals surface area contributed by atoms with Gasteiger partial charge in [0.25, 0.3) is 0 Å². The third-order valence-corrected chi connectivity index (χ3v) is 6.10. The molecule has 2 saturated heterocycles. The second-order valence-electron chi connectivity index (χ2n) is 8.05. The van der Waals surface area contributed by atoms with Crippen LogP contribution in [0, 0.1) is 12.8 Å². The number of morpholine rings is 1. The molecule has 2 aliphatic rings. The molecule has 0 saturated carbocycles. The minimum absolute atomic E-state index is 0. The van der Waals surface area contributed by atoms with Crippen molar-refractivity contribution < 1.29 is 4.74 Å². The van der Waals surface area contributed by atoms with Gasteiger partial charge in [0.2, 0.25) is 0 Å². The topological polar surface area (TPSA) is 55.9 Å². The van der Waals surface area contributed by atoms with E-state index in [4.69, 9.17) is 4.74 Å². The van der Waals surface area contributed by atoms with Crippen LogP contribution in [0.15, 0.2) is 29.4 Å². The molecule has 0 aliphatic carbocycles. The molecule has 3 heterocycles. The first-order chi connectivity index (χ1) is 13.7. The number of nitrogens with zero attached hydrogens (tertiary/aromatic N) is 3. The molecular weight excluding hydrogens is 477 g/mol. The Morgan fingerprint density at radius 1 is 1.28 bits per heavy atom. The zero-order chi connectivity index (χ0) is 19.3. The van der Waals surface area contributed by atoms with Crippen LogP contribution >= 0.6 is 24.0 Å². The Morgan fingerprint density at radius 2 is 2.10 bits per heavy atom. The lowest BCUT2D eigenvalue weighted by atomic mass is 10.1. The van der Waals surface area contributed by atoms with Crippen molar-refractivity contribution in [1.82, 2.24) is 20.1 Å². The first-order valence-electron chi connectivity index (χ1n) is 10.6. The highest BCUT2D eigenvalue weighted by atomic mass is 127. The van der Waals surface area contributed by atoms with E-state index in [-0.39, 0.29) is 24.0 Å². The van der Waals surface area contributed by atoms with E-state index in [0.717, 1.165) is 64.2 Å². The van der Waals surface area contributed by atoms with Crippen LogP contribution in [0.4, 0.5) is 0 Å². The third kappa shape index (κ3) is 5.44. The molecule has 0 amide bonds. The fraction of sp³-hybridized carbons (Fsp3) is 0.591. The largest absolute Gasteiger partial charge is 0.379 e. The molecule has 1 atom stereocenters. The van der Waals surface area contributed by atoms with E-state index in [2.05, 4.69) is 56.4 Å². The van der Waals surface area contributed by atoms with E-state index in [0.29, 0.717) is 0 Å². The highest BCUT2D eigenvalue weighted by molar-refractivity contribution is 14.0. The molecule has 160 valence electrons. The van der Waals surface area contributed by atoms with Gasteiger partial charge < -0.3 is 19.9 Å². The normalized spacial score (nSPS) is 20.8. The maximum atomic E-state index is 5.47. The van der Waals surface area contributed by atoms with Crippen LogP contribution in [0.1, 0.15) is 17.5 Å². The molecule has 29 heavy (non-hydrogen) atoms. The predicted molar refractivity (Wildman–Crippen MR) is 130 cm³/mol. The number of rotatable bonds is 5. The average Bonchev–Trinajstić information content (AvgIpc) is 3.34. The number of guanidine groups is 1. The first-order valence-corrected chi connectivity index (χ1v) is 10.6. The smallest absolute Gasteiger partial charge is 0.193 e. The van der Waals surface area contributed by atoms with E-state index in [1.165, 1.54) is 35.0 Å². The number of aromatic amines is 1. The highest BCUT2D eigenvalue weighted by Gasteiger charge is 2.27. The molecule has 2 aliphatic heterocycles. The van der Waals surface area contributed by atoms with E-state index < -0.39 is 0 Å². The summed E-state index contributed by atoms with van der Waals surface area (Å²) in [4.78, 5) is 12.9. The summed E-state index contributed by atoms with van der Waals surface area (Å²) in [6, 6.07) is 6.50. The Kier molecular flexibility index (Phi) is 8.20. The average molecular weight is 511 g/mol. The number of H-pyrrole nitrogens is 1. The van der Waals surface area contributed by atoms with Crippen molar-refractivity contribution in [3.8, 4) is 0 Å². The Morgan fingerprint density at radius 3 is 2.90 bits per heavy atom. The molecule has 2 fully saturated rings. The quantitative estimate of drug-likeness (QED) is 0.369. The summed E-state index contributed by atoms with van der Waals surface area (Å²) >= 11 is 0. The lowest BCUT2D eigenvalue weighted by molar-refractivity contribution is 0.0315. The van der Waals surface area contributed by atoms with Gasteiger partial charge in [-0.25, -0.2) is 0 Å². The van der Waals surface area contributed by atoms with Gasteiger partial charge in [-0.05, 0) is 36.8 Å². The molecule has 6 nitrogen and oxygen atoms in total. The summed E-state index contributed by atoms with van der Waals surface area (Å²) < 4.78 is 5.47. The predicted octanol–water partition coefficient (Wildman–Crippen LogP) is 2.87. The van der Waals surface area contributed by atoms with Crippen molar-refractivity contribution in [1.29, 1.82) is 0 Å². The van der Waals surface area contributed by atoms with E-state index in [9.17, 15) is 0 Å². The van der Waals surface area contributed by atoms with Crippen molar-refractivity contribution in [2.45, 2.75) is 19.8 Å². The Balaban J connectivity index is 0.00000240. The van der Waals surface area contributed by atoms with Gasteiger partial charge >= 0.3 is 0 Å². The molecule has 0 spiro atoms. The number of aryl methyl sites for hydroxylation is 1. The molecule has 2 N–H and O–H groups in total. The van der Waals surface area contributed by atoms with Crippen LogP contribution in [-0.2, 0) is 11.2 Å². The summed E-state index contributed by atoms with van der Waals surface area (Å²) in [6.07, 6.45) is 4.39. The van der Waals surface area contributed by atoms with Crippen LogP contribution in [-0.4, -0.2) is 80.3 Å². The minimum atomic E-state index is 0. The number of nitrogens with one attached hydrogen (secondary N) is 2. The van der Waals surface area contributed by atoms with E-state index in [1.54, 1.807) is 0 Å². The fourth-order valence-corrected chi connectivity index (χ4v) is 4.54. The number of hydrogen-bond acceptors (Lipinski definition) is 3. The van der Waals surface area contributed by atoms with Gasteiger partial charge in [0.1, 0.15) is 0 Å². The summed E-state index contributed by atoms with van der Waals surface area (Å²) in [5.41, 5.74) is 3.93. The molecule has 4 rings (SSSR count). The zero-order valence-corrected chi connectivity index (χ0v) is 19.9. The van der Waals surface area contributed by atoms with E-state index >= 15 is 0 Å². The van der Waals surface area contributed by atoms with Gasteiger partial charge in [-0.1, -0.05) is 18.2 Å². The summed E-state index contributed by atoms with van der Waals surface area (Å²) in [6.45, 7) is 10.4. The number of fused-ring (bicyclic) bond motifs is 1. The number of hydrogen-bond donors (Lipinski definition) is 2. The second-order valence-corrected chi connectivity index (χ2v) is 8.05. The SMILES string of the molecule is CN=C(NCCc1c[nH]c2c(C)cccc12)N1CCC(CN2CCOCC2)C1.I. The van der Waals surface area contributed by atoms with Gasteiger partial charge in [-0.2, -0.15) is 0 Å². The molecule has 1 aromatic heterocycles. The number of ether oxygens (including phenoxy) is 1.